The Morgan fingerprint density at radius 1 is 1.62 bits per heavy atom. The first-order valence-corrected chi connectivity index (χ1v) is 4.14. The highest BCUT2D eigenvalue weighted by Crippen LogP contribution is 2.19. The highest BCUT2D eigenvalue weighted by molar-refractivity contribution is 6.31. The van der Waals surface area contributed by atoms with Crippen LogP contribution in [0.15, 0.2) is 18.3 Å². The van der Waals surface area contributed by atoms with Crippen molar-refractivity contribution in [2.75, 3.05) is 13.2 Å². The van der Waals surface area contributed by atoms with Crippen LogP contribution in [0.4, 0.5) is 0 Å². The Balaban J connectivity index is 2.50. The maximum atomic E-state index is 8.96. The minimum atomic E-state index is -0.905. The number of rotatable bonds is 4. The van der Waals surface area contributed by atoms with E-state index in [-0.39, 0.29) is 19.1 Å². The third kappa shape index (κ3) is 3.18. The topological polar surface area (TPSA) is 62.6 Å². The maximum Gasteiger partial charge on any atom is 0.232 e. The predicted octanol–water partition coefficient (Wildman–Crippen LogP) is 0.467. The Hall–Kier alpha value is -0.840. The van der Waals surface area contributed by atoms with Gasteiger partial charge in [-0.3, -0.25) is 0 Å². The van der Waals surface area contributed by atoms with Crippen molar-refractivity contribution in [1.82, 2.24) is 4.98 Å². The van der Waals surface area contributed by atoms with Gasteiger partial charge in [0.2, 0.25) is 5.88 Å². The second-order valence-corrected chi connectivity index (χ2v) is 2.84. The number of aliphatic hydroxyl groups is 2. The van der Waals surface area contributed by atoms with E-state index in [1.807, 2.05) is 0 Å². The maximum absolute atomic E-state index is 8.96. The molecule has 0 aliphatic rings. The van der Waals surface area contributed by atoms with Crippen molar-refractivity contribution in [3.8, 4) is 5.88 Å². The zero-order valence-corrected chi connectivity index (χ0v) is 7.61. The summed E-state index contributed by atoms with van der Waals surface area (Å²) in [5.74, 6) is 0.261. The second kappa shape index (κ2) is 5.01. The zero-order valence-electron chi connectivity index (χ0n) is 6.85. The standard InChI is InChI=1S/C8H10ClNO3/c9-7-2-1-3-10-8(7)13-5-6(12)4-11/h1-3,6,11-12H,4-5H2. The molecule has 13 heavy (non-hydrogen) atoms. The lowest BCUT2D eigenvalue weighted by atomic mass is 10.4. The van der Waals surface area contributed by atoms with E-state index in [4.69, 9.17) is 26.6 Å². The molecule has 1 aromatic rings. The molecular weight excluding hydrogens is 194 g/mol. The van der Waals surface area contributed by atoms with Gasteiger partial charge in [-0.1, -0.05) is 11.6 Å². The van der Waals surface area contributed by atoms with E-state index in [0.29, 0.717) is 5.02 Å². The van der Waals surface area contributed by atoms with E-state index < -0.39 is 6.10 Å². The van der Waals surface area contributed by atoms with Crippen LogP contribution in [0.5, 0.6) is 5.88 Å². The van der Waals surface area contributed by atoms with E-state index in [9.17, 15) is 0 Å². The van der Waals surface area contributed by atoms with Gasteiger partial charge in [0.25, 0.3) is 0 Å². The first kappa shape index (κ1) is 10.2. The first-order chi connectivity index (χ1) is 6.24. The van der Waals surface area contributed by atoms with Gasteiger partial charge in [0.05, 0.1) is 6.61 Å². The number of hydrogen-bond donors (Lipinski definition) is 2. The molecule has 0 bridgehead atoms. The largest absolute Gasteiger partial charge is 0.474 e. The number of hydrogen-bond acceptors (Lipinski definition) is 4. The lowest BCUT2D eigenvalue weighted by molar-refractivity contribution is 0.0521. The summed E-state index contributed by atoms with van der Waals surface area (Å²) in [6.07, 6.45) is 0.630. The summed E-state index contributed by atoms with van der Waals surface area (Å²) in [5.41, 5.74) is 0. The third-order valence-electron chi connectivity index (χ3n) is 1.35. The predicted molar refractivity (Wildman–Crippen MR) is 47.8 cm³/mol. The van der Waals surface area contributed by atoms with Gasteiger partial charge < -0.3 is 14.9 Å². The Kier molecular flexibility index (Phi) is 3.95. The van der Waals surface area contributed by atoms with Crippen molar-refractivity contribution in [3.05, 3.63) is 23.4 Å². The Labute approximate surface area is 80.8 Å². The molecule has 1 unspecified atom stereocenters. The molecule has 1 heterocycles. The SMILES string of the molecule is OCC(O)COc1ncccc1Cl. The Morgan fingerprint density at radius 3 is 3.00 bits per heavy atom. The summed E-state index contributed by atoms with van der Waals surface area (Å²) in [6, 6.07) is 3.31. The van der Waals surface area contributed by atoms with Gasteiger partial charge >= 0.3 is 0 Å². The van der Waals surface area contributed by atoms with Crippen molar-refractivity contribution in [2.45, 2.75) is 6.10 Å². The molecule has 1 rings (SSSR count). The number of nitrogens with zero attached hydrogens (tertiary/aromatic N) is 1. The molecule has 0 aliphatic carbocycles. The van der Waals surface area contributed by atoms with Crippen molar-refractivity contribution in [3.63, 3.8) is 0 Å². The minimum Gasteiger partial charge on any atom is -0.474 e. The van der Waals surface area contributed by atoms with Crippen LogP contribution in [0, 0.1) is 0 Å². The fourth-order valence-electron chi connectivity index (χ4n) is 0.705. The summed E-state index contributed by atoms with van der Waals surface area (Å²) >= 11 is 5.72. The van der Waals surface area contributed by atoms with Gasteiger partial charge in [0, 0.05) is 6.20 Å². The number of aromatic nitrogens is 1. The van der Waals surface area contributed by atoms with Crippen molar-refractivity contribution >= 4 is 11.6 Å². The molecule has 5 heteroatoms. The van der Waals surface area contributed by atoms with Crippen molar-refractivity contribution in [2.24, 2.45) is 0 Å². The second-order valence-electron chi connectivity index (χ2n) is 2.44. The summed E-state index contributed by atoms with van der Waals surface area (Å²) < 4.78 is 5.04. The Bertz CT molecular complexity index is 269. The van der Waals surface area contributed by atoms with E-state index in [1.54, 1.807) is 12.1 Å². The van der Waals surface area contributed by atoms with Gasteiger partial charge in [0.1, 0.15) is 17.7 Å². The van der Waals surface area contributed by atoms with Crippen LogP contribution in [0.2, 0.25) is 5.02 Å². The third-order valence-corrected chi connectivity index (χ3v) is 1.64. The number of halogens is 1. The van der Waals surface area contributed by atoms with E-state index in [0.717, 1.165) is 0 Å². The highest BCUT2D eigenvalue weighted by atomic mass is 35.5. The number of aliphatic hydroxyl groups excluding tert-OH is 2. The van der Waals surface area contributed by atoms with Crippen LogP contribution in [0.25, 0.3) is 0 Å². The number of ether oxygens (including phenoxy) is 1. The van der Waals surface area contributed by atoms with Crippen LogP contribution in [-0.4, -0.2) is 34.5 Å². The van der Waals surface area contributed by atoms with Crippen LogP contribution in [-0.2, 0) is 0 Å². The van der Waals surface area contributed by atoms with Gasteiger partial charge in [0.15, 0.2) is 0 Å². The molecule has 0 aliphatic heterocycles. The van der Waals surface area contributed by atoms with Crippen molar-refractivity contribution < 1.29 is 14.9 Å². The smallest absolute Gasteiger partial charge is 0.232 e. The van der Waals surface area contributed by atoms with Gasteiger partial charge in [-0.15, -0.1) is 0 Å². The molecule has 0 amide bonds. The quantitative estimate of drug-likeness (QED) is 0.747. The van der Waals surface area contributed by atoms with Crippen LogP contribution in [0.3, 0.4) is 0 Å². The van der Waals surface area contributed by atoms with E-state index in [1.165, 1.54) is 6.20 Å². The normalized spacial score (nSPS) is 12.5. The summed E-state index contributed by atoms with van der Waals surface area (Å²) in [7, 11) is 0. The molecule has 2 N–H and O–H groups in total. The Morgan fingerprint density at radius 2 is 2.38 bits per heavy atom. The number of pyridine rings is 1. The average Bonchev–Trinajstić information content (AvgIpc) is 2.16. The summed E-state index contributed by atoms with van der Waals surface area (Å²) in [5, 5.41) is 17.8. The fraction of sp³-hybridized carbons (Fsp3) is 0.375. The summed E-state index contributed by atoms with van der Waals surface area (Å²) in [6.45, 7) is -0.363. The van der Waals surface area contributed by atoms with Gasteiger partial charge in [-0.2, -0.15) is 0 Å². The van der Waals surface area contributed by atoms with E-state index >= 15 is 0 Å². The fourth-order valence-corrected chi connectivity index (χ4v) is 0.881. The van der Waals surface area contributed by atoms with E-state index in [2.05, 4.69) is 4.98 Å². The molecule has 1 atom stereocenters. The van der Waals surface area contributed by atoms with Crippen LogP contribution < -0.4 is 4.74 Å². The molecular formula is C8H10ClNO3. The molecule has 0 aromatic carbocycles. The monoisotopic (exact) mass is 203 g/mol. The first-order valence-electron chi connectivity index (χ1n) is 3.76. The van der Waals surface area contributed by atoms with Crippen LogP contribution >= 0.6 is 11.6 Å². The molecule has 0 fully saturated rings. The molecule has 1 aromatic heterocycles. The molecule has 72 valence electrons. The molecule has 0 saturated heterocycles. The van der Waals surface area contributed by atoms with Gasteiger partial charge in [-0.25, -0.2) is 4.98 Å². The molecule has 0 saturated carbocycles. The van der Waals surface area contributed by atoms with Crippen LogP contribution in [0.1, 0.15) is 0 Å². The zero-order chi connectivity index (χ0) is 9.68. The highest BCUT2D eigenvalue weighted by Gasteiger charge is 2.05. The molecule has 0 spiro atoms. The van der Waals surface area contributed by atoms with Crippen molar-refractivity contribution in [1.29, 1.82) is 0 Å². The lowest BCUT2D eigenvalue weighted by Crippen LogP contribution is -2.21. The summed E-state index contributed by atoms with van der Waals surface area (Å²) in [4.78, 5) is 3.84. The average molecular weight is 204 g/mol. The molecule has 0 radical (unpaired) electrons. The lowest BCUT2D eigenvalue weighted by Gasteiger charge is -2.09. The van der Waals surface area contributed by atoms with Gasteiger partial charge in [-0.05, 0) is 12.1 Å². The minimum absolute atomic E-state index is 0.0206. The molecule has 4 nitrogen and oxygen atoms in total.